The van der Waals surface area contributed by atoms with E-state index in [-0.39, 0.29) is 0 Å². The third-order valence-electron chi connectivity index (χ3n) is 8.83. The first kappa shape index (κ1) is 23.9. The molecule has 2 aromatic heterocycles. The van der Waals surface area contributed by atoms with E-state index in [4.69, 9.17) is 4.98 Å². The Bertz CT molecular complexity index is 2430. The lowest BCUT2D eigenvalue weighted by Crippen LogP contribution is -1.97. The zero-order chi connectivity index (χ0) is 28.3. The highest BCUT2D eigenvalue weighted by Gasteiger charge is 2.14. The largest absolute Gasteiger partial charge is 0.294 e. The van der Waals surface area contributed by atoms with Crippen molar-refractivity contribution in [2.24, 2.45) is 0 Å². The molecule has 2 nitrogen and oxygen atoms in total. The molecule has 0 radical (unpaired) electrons. The second-order valence-electron chi connectivity index (χ2n) is 11.2. The zero-order valence-electron chi connectivity index (χ0n) is 23.4. The van der Waals surface area contributed by atoms with Crippen LogP contribution in [0.1, 0.15) is 0 Å². The molecule has 0 N–H and O–H groups in total. The standard InChI is InChI=1S/C41H26N2/c1-2-14-33-31(12-1)32-13-3-4-15-34(32)38-25-29(20-21-35(33)38)27-10-9-11-28(24-27)30-22-23-42-41(26-30)43-39-18-7-5-16-36(39)37-17-6-8-19-40(37)43/h1-26H. The molecule has 9 aromatic rings. The number of pyridine rings is 1. The van der Waals surface area contributed by atoms with Crippen LogP contribution in [0.5, 0.6) is 0 Å². The summed E-state index contributed by atoms with van der Waals surface area (Å²) >= 11 is 0. The van der Waals surface area contributed by atoms with Crippen LogP contribution in [0.25, 0.3) is 82.2 Å². The van der Waals surface area contributed by atoms with Crippen LogP contribution in [-0.4, -0.2) is 9.55 Å². The normalized spacial score (nSPS) is 11.7. The molecule has 0 saturated heterocycles. The molecule has 0 aliphatic carbocycles. The Morgan fingerprint density at radius 2 is 0.791 bits per heavy atom. The average Bonchev–Trinajstić information content (AvgIpc) is 3.43. The molecule has 7 aromatic carbocycles. The lowest BCUT2D eigenvalue weighted by atomic mass is 9.91. The maximum atomic E-state index is 4.84. The highest BCUT2D eigenvalue weighted by molar-refractivity contribution is 6.25. The van der Waals surface area contributed by atoms with Crippen molar-refractivity contribution in [2.75, 3.05) is 0 Å². The molecule has 0 bridgehead atoms. The molecular weight excluding hydrogens is 520 g/mol. The first-order valence-corrected chi connectivity index (χ1v) is 14.7. The van der Waals surface area contributed by atoms with Crippen molar-refractivity contribution >= 4 is 54.1 Å². The van der Waals surface area contributed by atoms with Crippen molar-refractivity contribution in [3.8, 4) is 28.1 Å². The Morgan fingerprint density at radius 1 is 0.326 bits per heavy atom. The summed E-state index contributed by atoms with van der Waals surface area (Å²) in [6.07, 6.45) is 1.92. The van der Waals surface area contributed by atoms with E-state index < -0.39 is 0 Å². The highest BCUT2D eigenvalue weighted by atomic mass is 15.1. The molecule has 0 unspecified atom stereocenters. The lowest BCUT2D eigenvalue weighted by Gasteiger charge is -2.13. The van der Waals surface area contributed by atoms with Crippen LogP contribution >= 0.6 is 0 Å². The number of aromatic nitrogens is 2. The van der Waals surface area contributed by atoms with Gasteiger partial charge in [0.1, 0.15) is 5.82 Å². The second kappa shape index (κ2) is 9.40. The fourth-order valence-corrected chi connectivity index (χ4v) is 6.86. The van der Waals surface area contributed by atoms with E-state index in [1.54, 1.807) is 0 Å². The Labute approximate surface area is 249 Å². The first-order chi connectivity index (χ1) is 21.3. The Balaban J connectivity index is 1.19. The van der Waals surface area contributed by atoms with Crippen molar-refractivity contribution < 1.29 is 0 Å². The van der Waals surface area contributed by atoms with Crippen LogP contribution in [0.4, 0.5) is 0 Å². The Kier molecular flexibility index (Phi) is 5.23. The fraction of sp³-hybridized carbons (Fsp3) is 0. The van der Waals surface area contributed by atoms with E-state index in [0.29, 0.717) is 0 Å². The number of benzene rings is 7. The number of fused-ring (bicyclic) bond motifs is 9. The molecule has 0 spiro atoms. The molecule has 2 heteroatoms. The molecule has 43 heavy (non-hydrogen) atoms. The van der Waals surface area contributed by atoms with Gasteiger partial charge in [-0.25, -0.2) is 4.98 Å². The van der Waals surface area contributed by atoms with Gasteiger partial charge < -0.3 is 0 Å². The minimum Gasteiger partial charge on any atom is -0.294 e. The van der Waals surface area contributed by atoms with Crippen LogP contribution in [0.3, 0.4) is 0 Å². The van der Waals surface area contributed by atoms with E-state index in [2.05, 4.69) is 156 Å². The zero-order valence-corrected chi connectivity index (χ0v) is 23.4. The van der Waals surface area contributed by atoms with Gasteiger partial charge in [-0.1, -0.05) is 115 Å². The van der Waals surface area contributed by atoms with E-state index >= 15 is 0 Å². The minimum absolute atomic E-state index is 0.921. The maximum absolute atomic E-state index is 4.84. The van der Waals surface area contributed by atoms with Crippen molar-refractivity contribution in [2.45, 2.75) is 0 Å². The summed E-state index contributed by atoms with van der Waals surface area (Å²) in [6.45, 7) is 0. The van der Waals surface area contributed by atoms with Gasteiger partial charge in [0.25, 0.3) is 0 Å². The monoisotopic (exact) mass is 546 g/mol. The fourth-order valence-electron chi connectivity index (χ4n) is 6.86. The van der Waals surface area contributed by atoms with Gasteiger partial charge in [0.2, 0.25) is 0 Å². The molecular formula is C41H26N2. The van der Waals surface area contributed by atoms with Crippen LogP contribution < -0.4 is 0 Å². The average molecular weight is 547 g/mol. The van der Waals surface area contributed by atoms with Crippen LogP contribution in [0, 0.1) is 0 Å². The third kappa shape index (κ3) is 3.70. The van der Waals surface area contributed by atoms with E-state index in [1.165, 1.54) is 59.8 Å². The summed E-state index contributed by atoms with van der Waals surface area (Å²) in [6, 6.07) is 54.7. The molecule has 0 fully saturated rings. The predicted octanol–water partition coefficient (Wildman–Crippen LogP) is 11.0. The van der Waals surface area contributed by atoms with Gasteiger partial charge >= 0.3 is 0 Å². The molecule has 9 rings (SSSR count). The van der Waals surface area contributed by atoms with Crippen LogP contribution in [-0.2, 0) is 0 Å². The van der Waals surface area contributed by atoms with Gasteiger partial charge in [0.05, 0.1) is 11.0 Å². The number of nitrogens with zero attached hydrogens (tertiary/aromatic N) is 2. The van der Waals surface area contributed by atoms with Crippen LogP contribution in [0.2, 0.25) is 0 Å². The van der Waals surface area contributed by atoms with Crippen LogP contribution in [0.15, 0.2) is 158 Å². The Morgan fingerprint density at radius 3 is 1.40 bits per heavy atom. The van der Waals surface area contributed by atoms with E-state index in [9.17, 15) is 0 Å². The SMILES string of the molecule is c1cc(-c2ccnc(-n3c4ccccc4c4ccccc43)c2)cc(-c2ccc3c4ccccc4c4ccccc4c3c2)c1. The number of hydrogen-bond acceptors (Lipinski definition) is 1. The van der Waals surface area contributed by atoms with Gasteiger partial charge in [0.15, 0.2) is 0 Å². The van der Waals surface area contributed by atoms with Crippen molar-refractivity contribution in [3.05, 3.63) is 158 Å². The summed E-state index contributed by atoms with van der Waals surface area (Å²) < 4.78 is 2.27. The summed E-state index contributed by atoms with van der Waals surface area (Å²) in [5.74, 6) is 0.921. The second-order valence-corrected chi connectivity index (χ2v) is 11.2. The molecule has 0 atom stereocenters. The van der Waals surface area contributed by atoms with Gasteiger partial charge in [0, 0.05) is 17.0 Å². The predicted molar refractivity (Wildman–Crippen MR) is 182 cm³/mol. The highest BCUT2D eigenvalue weighted by Crippen LogP contribution is 2.38. The summed E-state index contributed by atoms with van der Waals surface area (Å²) in [5, 5.41) is 10.2. The summed E-state index contributed by atoms with van der Waals surface area (Å²) in [7, 11) is 0. The van der Waals surface area contributed by atoms with Gasteiger partial charge in [-0.15, -0.1) is 0 Å². The lowest BCUT2D eigenvalue weighted by molar-refractivity contribution is 1.08. The van der Waals surface area contributed by atoms with E-state index in [1.807, 2.05) is 6.20 Å². The molecule has 200 valence electrons. The van der Waals surface area contributed by atoms with Gasteiger partial charge in [-0.2, -0.15) is 0 Å². The van der Waals surface area contributed by atoms with Crippen molar-refractivity contribution in [1.29, 1.82) is 0 Å². The quantitative estimate of drug-likeness (QED) is 0.202. The maximum Gasteiger partial charge on any atom is 0.138 e. The Hall–Kier alpha value is -5.73. The molecule has 0 amide bonds. The van der Waals surface area contributed by atoms with Crippen molar-refractivity contribution in [1.82, 2.24) is 9.55 Å². The third-order valence-corrected chi connectivity index (χ3v) is 8.83. The van der Waals surface area contributed by atoms with E-state index in [0.717, 1.165) is 22.4 Å². The summed E-state index contributed by atoms with van der Waals surface area (Å²) in [4.78, 5) is 4.84. The molecule has 0 saturated carbocycles. The number of para-hydroxylation sites is 2. The summed E-state index contributed by atoms with van der Waals surface area (Å²) in [5.41, 5.74) is 7.06. The van der Waals surface area contributed by atoms with Gasteiger partial charge in [-0.3, -0.25) is 4.57 Å². The molecule has 0 aliphatic rings. The van der Waals surface area contributed by atoms with Gasteiger partial charge in [-0.05, 0) is 91.0 Å². The molecule has 0 aliphatic heterocycles. The number of hydrogen-bond donors (Lipinski definition) is 0. The molecule has 2 heterocycles. The topological polar surface area (TPSA) is 17.8 Å². The van der Waals surface area contributed by atoms with Crippen molar-refractivity contribution in [3.63, 3.8) is 0 Å². The smallest absolute Gasteiger partial charge is 0.138 e. The number of rotatable bonds is 3. The first-order valence-electron chi connectivity index (χ1n) is 14.7. The minimum atomic E-state index is 0.921.